The van der Waals surface area contributed by atoms with E-state index < -0.39 is 11.9 Å². The van der Waals surface area contributed by atoms with Gasteiger partial charge in [0, 0.05) is 0 Å². The number of nitrogens with two attached hydrogens (primary N) is 1. The quantitative estimate of drug-likeness (QED) is 0.753. The summed E-state index contributed by atoms with van der Waals surface area (Å²) in [5.74, 6) is 0.0665. The lowest BCUT2D eigenvalue weighted by atomic mass is 10.1. The van der Waals surface area contributed by atoms with Crippen LogP contribution >= 0.6 is 11.8 Å². The van der Waals surface area contributed by atoms with Crippen molar-refractivity contribution in [1.82, 2.24) is 20.4 Å². The van der Waals surface area contributed by atoms with Gasteiger partial charge in [0.2, 0.25) is 11.8 Å². The number of aromatic nitrogens is 2. The van der Waals surface area contributed by atoms with Gasteiger partial charge in [-0.05, 0) is 25.9 Å². The molecule has 1 aromatic rings. The maximum atomic E-state index is 11.2. The number of carbonyl (C=O) groups is 2. The Morgan fingerprint density at radius 2 is 2.05 bits per heavy atom. The SMILES string of the molecule is NC(=O)NC(=O)CSc1nnc(CN2CCCCC2)o1. The van der Waals surface area contributed by atoms with Crippen molar-refractivity contribution >= 4 is 23.7 Å². The van der Waals surface area contributed by atoms with Gasteiger partial charge < -0.3 is 10.2 Å². The van der Waals surface area contributed by atoms with E-state index in [0.29, 0.717) is 17.7 Å². The summed E-state index contributed by atoms with van der Waals surface area (Å²) in [7, 11) is 0. The summed E-state index contributed by atoms with van der Waals surface area (Å²) in [5, 5.41) is 10.1. The van der Waals surface area contributed by atoms with Crippen LogP contribution in [0.1, 0.15) is 25.2 Å². The minimum atomic E-state index is -0.869. The van der Waals surface area contributed by atoms with Gasteiger partial charge in [-0.15, -0.1) is 10.2 Å². The summed E-state index contributed by atoms with van der Waals surface area (Å²) in [5.41, 5.74) is 4.83. The van der Waals surface area contributed by atoms with E-state index in [9.17, 15) is 9.59 Å². The van der Waals surface area contributed by atoms with Crippen molar-refractivity contribution in [3.63, 3.8) is 0 Å². The molecule has 0 bridgehead atoms. The Kier molecular flexibility index (Phi) is 5.36. The van der Waals surface area contributed by atoms with Crippen molar-refractivity contribution in [3.8, 4) is 0 Å². The van der Waals surface area contributed by atoms with Crippen LogP contribution in [0.25, 0.3) is 0 Å². The number of urea groups is 1. The minimum absolute atomic E-state index is 0.00822. The molecule has 0 spiro atoms. The molecule has 0 radical (unpaired) electrons. The number of hydrogen-bond acceptors (Lipinski definition) is 7. The Morgan fingerprint density at radius 3 is 2.75 bits per heavy atom. The lowest BCUT2D eigenvalue weighted by Gasteiger charge is -2.24. The molecule has 3 amide bonds. The van der Waals surface area contributed by atoms with E-state index in [1.54, 1.807) is 0 Å². The fourth-order valence-electron chi connectivity index (χ4n) is 1.97. The van der Waals surface area contributed by atoms with Gasteiger partial charge in [-0.3, -0.25) is 15.0 Å². The summed E-state index contributed by atoms with van der Waals surface area (Å²) < 4.78 is 5.44. The van der Waals surface area contributed by atoms with Gasteiger partial charge in [0.15, 0.2) is 0 Å². The highest BCUT2D eigenvalue weighted by molar-refractivity contribution is 7.99. The Labute approximate surface area is 120 Å². The second kappa shape index (κ2) is 7.25. The van der Waals surface area contributed by atoms with Gasteiger partial charge in [0.1, 0.15) is 0 Å². The number of amides is 3. The van der Waals surface area contributed by atoms with Crippen molar-refractivity contribution < 1.29 is 14.0 Å². The lowest BCUT2D eigenvalue weighted by molar-refractivity contribution is -0.117. The lowest BCUT2D eigenvalue weighted by Crippen LogP contribution is -2.36. The predicted molar refractivity (Wildman–Crippen MR) is 71.9 cm³/mol. The third-order valence-electron chi connectivity index (χ3n) is 2.85. The van der Waals surface area contributed by atoms with Crippen LogP contribution in [0.2, 0.25) is 0 Å². The van der Waals surface area contributed by atoms with E-state index in [1.165, 1.54) is 19.3 Å². The van der Waals surface area contributed by atoms with E-state index in [1.807, 2.05) is 5.32 Å². The Hall–Kier alpha value is -1.61. The number of thioether (sulfide) groups is 1. The van der Waals surface area contributed by atoms with Crippen molar-refractivity contribution in [1.29, 1.82) is 0 Å². The number of primary amides is 1. The van der Waals surface area contributed by atoms with Crippen LogP contribution in [0.4, 0.5) is 4.79 Å². The highest BCUT2D eigenvalue weighted by Crippen LogP contribution is 2.18. The van der Waals surface area contributed by atoms with Gasteiger partial charge in [0.05, 0.1) is 12.3 Å². The van der Waals surface area contributed by atoms with E-state index in [4.69, 9.17) is 10.2 Å². The fraction of sp³-hybridized carbons (Fsp3) is 0.636. The predicted octanol–water partition coefficient (Wildman–Crippen LogP) is 0.342. The van der Waals surface area contributed by atoms with Crippen LogP contribution in [-0.2, 0) is 11.3 Å². The molecule has 1 aliphatic heterocycles. The van der Waals surface area contributed by atoms with Crippen molar-refractivity contribution in [2.45, 2.75) is 31.0 Å². The molecule has 0 saturated carbocycles. The first kappa shape index (κ1) is 14.8. The summed E-state index contributed by atoms with van der Waals surface area (Å²) in [6, 6.07) is -0.869. The normalized spacial score (nSPS) is 16.0. The molecule has 9 heteroatoms. The monoisotopic (exact) mass is 299 g/mol. The third kappa shape index (κ3) is 4.82. The molecule has 0 aliphatic carbocycles. The summed E-state index contributed by atoms with van der Waals surface area (Å²) in [6.45, 7) is 2.73. The number of hydrogen-bond donors (Lipinski definition) is 2. The topological polar surface area (TPSA) is 114 Å². The maximum Gasteiger partial charge on any atom is 0.318 e. The molecule has 20 heavy (non-hydrogen) atoms. The van der Waals surface area contributed by atoms with Gasteiger partial charge in [0.25, 0.3) is 5.22 Å². The number of carbonyl (C=O) groups excluding carboxylic acids is 2. The van der Waals surface area contributed by atoms with E-state index in [2.05, 4.69) is 15.1 Å². The molecule has 0 atom stereocenters. The number of rotatable bonds is 5. The highest BCUT2D eigenvalue weighted by atomic mass is 32.2. The Morgan fingerprint density at radius 1 is 1.30 bits per heavy atom. The summed E-state index contributed by atoms with van der Waals surface area (Å²) in [6.07, 6.45) is 3.67. The van der Waals surface area contributed by atoms with Crippen LogP contribution in [0, 0.1) is 0 Å². The second-order valence-corrected chi connectivity index (χ2v) is 5.43. The van der Waals surface area contributed by atoms with Crippen LogP contribution in [0.5, 0.6) is 0 Å². The molecular formula is C11H17N5O3S. The van der Waals surface area contributed by atoms with Crippen LogP contribution in [-0.4, -0.2) is 45.9 Å². The molecule has 0 aromatic carbocycles. The van der Waals surface area contributed by atoms with E-state index in [-0.39, 0.29) is 5.75 Å². The van der Waals surface area contributed by atoms with Crippen LogP contribution < -0.4 is 11.1 Å². The molecular weight excluding hydrogens is 282 g/mol. The van der Waals surface area contributed by atoms with E-state index >= 15 is 0 Å². The van der Waals surface area contributed by atoms with Crippen LogP contribution in [0.3, 0.4) is 0 Å². The molecule has 0 unspecified atom stereocenters. The average Bonchev–Trinajstić information content (AvgIpc) is 2.84. The summed E-state index contributed by atoms with van der Waals surface area (Å²) in [4.78, 5) is 24.0. The van der Waals surface area contributed by atoms with Gasteiger partial charge >= 0.3 is 6.03 Å². The van der Waals surface area contributed by atoms with Crippen molar-refractivity contribution in [2.24, 2.45) is 5.73 Å². The zero-order chi connectivity index (χ0) is 14.4. The largest absolute Gasteiger partial charge is 0.415 e. The zero-order valence-electron chi connectivity index (χ0n) is 11.0. The number of nitrogens with zero attached hydrogens (tertiary/aromatic N) is 3. The van der Waals surface area contributed by atoms with Gasteiger partial charge in [-0.1, -0.05) is 18.2 Å². The van der Waals surface area contributed by atoms with Crippen LogP contribution in [0.15, 0.2) is 9.64 Å². The Bertz CT molecular complexity index is 472. The average molecular weight is 299 g/mol. The number of imide groups is 1. The first-order valence-corrected chi connectivity index (χ1v) is 7.39. The second-order valence-electron chi connectivity index (χ2n) is 4.50. The maximum absolute atomic E-state index is 11.2. The molecule has 1 saturated heterocycles. The molecule has 1 aromatic heterocycles. The first-order valence-electron chi connectivity index (χ1n) is 6.40. The van der Waals surface area contributed by atoms with Gasteiger partial charge in [-0.25, -0.2) is 4.79 Å². The third-order valence-corrected chi connectivity index (χ3v) is 3.66. The van der Waals surface area contributed by atoms with Crippen molar-refractivity contribution in [2.75, 3.05) is 18.8 Å². The minimum Gasteiger partial charge on any atom is -0.415 e. The smallest absolute Gasteiger partial charge is 0.318 e. The molecule has 1 fully saturated rings. The molecule has 2 heterocycles. The van der Waals surface area contributed by atoms with Gasteiger partial charge in [-0.2, -0.15) is 0 Å². The Balaban J connectivity index is 1.76. The highest BCUT2D eigenvalue weighted by Gasteiger charge is 2.15. The first-order chi connectivity index (χ1) is 9.63. The number of nitrogens with one attached hydrogen (secondary N) is 1. The molecule has 3 N–H and O–H groups in total. The van der Waals surface area contributed by atoms with Crippen molar-refractivity contribution in [3.05, 3.63) is 5.89 Å². The number of piperidine rings is 1. The number of likely N-dealkylation sites (tertiary alicyclic amines) is 1. The fourth-order valence-corrected chi connectivity index (χ4v) is 2.55. The zero-order valence-corrected chi connectivity index (χ0v) is 11.8. The molecule has 1 aliphatic rings. The standard InChI is InChI=1S/C11H17N5O3S/c12-10(18)13-8(17)7-20-11-15-14-9(19-11)6-16-4-2-1-3-5-16/h1-7H2,(H3,12,13,17,18). The molecule has 8 nitrogen and oxygen atoms in total. The summed E-state index contributed by atoms with van der Waals surface area (Å²) >= 11 is 1.07. The van der Waals surface area contributed by atoms with E-state index in [0.717, 1.165) is 24.9 Å². The molecule has 110 valence electrons. The molecule has 2 rings (SSSR count).